The van der Waals surface area contributed by atoms with Crippen LogP contribution in [0.25, 0.3) is 0 Å². The van der Waals surface area contributed by atoms with Gasteiger partial charge in [0, 0.05) is 0 Å². The van der Waals surface area contributed by atoms with Crippen molar-refractivity contribution in [3.8, 4) is 0 Å². The summed E-state index contributed by atoms with van der Waals surface area (Å²) in [7, 11) is -2.18. The summed E-state index contributed by atoms with van der Waals surface area (Å²) in [6, 6.07) is 3.47. The predicted octanol–water partition coefficient (Wildman–Crippen LogP) is 0.655. The van der Waals surface area contributed by atoms with E-state index in [0.717, 1.165) is 0 Å². The van der Waals surface area contributed by atoms with Crippen molar-refractivity contribution < 1.29 is 8.42 Å². The molecule has 47 valence electrons. The molecular formula is C5H3O2S2. The van der Waals surface area contributed by atoms with Gasteiger partial charge >= 0.3 is 0 Å². The Labute approximate surface area is 58.3 Å². The van der Waals surface area contributed by atoms with Crippen molar-refractivity contribution in [2.75, 3.05) is 0 Å². The molecule has 1 aromatic heterocycles. The van der Waals surface area contributed by atoms with Gasteiger partial charge in [-0.25, -0.2) is 0 Å². The summed E-state index contributed by atoms with van der Waals surface area (Å²) in [4.78, 5) is 0.642. The fourth-order valence-corrected chi connectivity index (χ4v) is 1.51. The third kappa shape index (κ3) is 1.99. The summed E-state index contributed by atoms with van der Waals surface area (Å²) in [5, 5.41) is 4.02. The minimum absolute atomic E-state index is 0.642. The summed E-state index contributed by atoms with van der Waals surface area (Å²) < 4.78 is 19.9. The van der Waals surface area contributed by atoms with Crippen LogP contribution in [0.1, 0.15) is 4.88 Å². The molecule has 4 heteroatoms. The Hall–Kier alpha value is -0.610. The summed E-state index contributed by atoms with van der Waals surface area (Å²) in [6.07, 6.45) is 0. The van der Waals surface area contributed by atoms with Crippen LogP contribution in [-0.4, -0.2) is 13.8 Å². The van der Waals surface area contributed by atoms with Crippen LogP contribution in [0.15, 0.2) is 17.5 Å². The second-order valence-corrected chi connectivity index (χ2v) is 2.94. The van der Waals surface area contributed by atoms with Crippen LogP contribution in [0.4, 0.5) is 0 Å². The molecule has 1 radical (unpaired) electrons. The molecule has 1 heterocycles. The number of thiophene rings is 1. The molecule has 1 rings (SSSR count). The van der Waals surface area contributed by atoms with Crippen LogP contribution >= 0.6 is 11.3 Å². The number of hydrogen-bond acceptors (Lipinski definition) is 3. The van der Waals surface area contributed by atoms with E-state index in [0.29, 0.717) is 4.88 Å². The Kier molecular flexibility index (Phi) is 2.02. The Bertz CT molecular complexity index is 286. The maximum absolute atomic E-state index is 9.96. The Morgan fingerprint density at radius 2 is 2.33 bits per heavy atom. The van der Waals surface area contributed by atoms with Gasteiger partial charge in [-0.3, -0.25) is 0 Å². The molecule has 9 heavy (non-hydrogen) atoms. The number of rotatable bonds is 1. The SMILES string of the molecule is O=S(=O)=[C]c1cccs1. The molecule has 0 N–H and O–H groups in total. The van der Waals surface area contributed by atoms with Crippen molar-refractivity contribution in [3.63, 3.8) is 0 Å². The molecule has 0 atom stereocenters. The van der Waals surface area contributed by atoms with E-state index in [2.05, 4.69) is 5.37 Å². The minimum atomic E-state index is -2.18. The van der Waals surface area contributed by atoms with Crippen molar-refractivity contribution >= 4 is 27.0 Å². The van der Waals surface area contributed by atoms with Crippen molar-refractivity contribution in [1.82, 2.24) is 0 Å². The van der Waals surface area contributed by atoms with Crippen molar-refractivity contribution in [2.45, 2.75) is 0 Å². The molecule has 0 aliphatic carbocycles. The van der Waals surface area contributed by atoms with Gasteiger partial charge in [0.2, 0.25) is 10.3 Å². The smallest absolute Gasteiger partial charge is 0.184 e. The lowest BCUT2D eigenvalue weighted by Gasteiger charge is -1.68. The Balaban J connectivity index is 3.07. The molecule has 0 unspecified atom stereocenters. The second-order valence-electron chi connectivity index (χ2n) is 1.31. The zero-order chi connectivity index (χ0) is 6.69. The maximum Gasteiger partial charge on any atom is 0.224 e. The first-order valence-electron chi connectivity index (χ1n) is 2.18. The molecule has 0 spiro atoms. The zero-order valence-electron chi connectivity index (χ0n) is 4.37. The molecule has 0 saturated carbocycles. The van der Waals surface area contributed by atoms with E-state index >= 15 is 0 Å². The van der Waals surface area contributed by atoms with Crippen molar-refractivity contribution in [2.24, 2.45) is 0 Å². The largest absolute Gasteiger partial charge is 0.224 e. The highest BCUT2D eigenvalue weighted by Crippen LogP contribution is 2.03. The highest BCUT2D eigenvalue weighted by Gasteiger charge is 1.85. The third-order valence-electron chi connectivity index (χ3n) is 0.705. The predicted molar refractivity (Wildman–Crippen MR) is 37.3 cm³/mol. The van der Waals surface area contributed by atoms with E-state index in [1.165, 1.54) is 11.3 Å². The molecule has 0 amide bonds. The van der Waals surface area contributed by atoms with E-state index in [1.54, 1.807) is 17.5 Å². The quantitative estimate of drug-likeness (QED) is 0.564. The van der Waals surface area contributed by atoms with Gasteiger partial charge in [-0.05, 0) is 11.4 Å². The third-order valence-corrected chi connectivity index (χ3v) is 2.01. The number of hydrogen-bond donors (Lipinski definition) is 0. The Morgan fingerprint density at radius 1 is 1.56 bits per heavy atom. The normalized spacial score (nSPS) is 8.89. The van der Waals surface area contributed by atoms with Crippen molar-refractivity contribution in [3.05, 3.63) is 22.4 Å². The summed E-state index contributed by atoms with van der Waals surface area (Å²) in [5.74, 6) is 0. The van der Waals surface area contributed by atoms with Crippen LogP contribution in [0, 0.1) is 0 Å². The average molecular weight is 159 g/mol. The molecule has 0 fully saturated rings. The van der Waals surface area contributed by atoms with Gasteiger partial charge in [0.1, 0.15) is 5.37 Å². The molecular weight excluding hydrogens is 156 g/mol. The van der Waals surface area contributed by atoms with Crippen LogP contribution in [0.3, 0.4) is 0 Å². The summed E-state index contributed by atoms with van der Waals surface area (Å²) >= 11 is 1.35. The highest BCUT2D eigenvalue weighted by molar-refractivity contribution is 7.72. The molecule has 0 bridgehead atoms. The summed E-state index contributed by atoms with van der Waals surface area (Å²) in [5.41, 5.74) is 0. The average Bonchev–Trinajstić information content (AvgIpc) is 2.15. The minimum Gasteiger partial charge on any atom is -0.184 e. The first kappa shape index (κ1) is 6.51. The van der Waals surface area contributed by atoms with Crippen LogP contribution in [0.5, 0.6) is 0 Å². The summed E-state index contributed by atoms with van der Waals surface area (Å²) in [6.45, 7) is 0. The van der Waals surface area contributed by atoms with Gasteiger partial charge in [0.15, 0.2) is 0 Å². The monoisotopic (exact) mass is 159 g/mol. The Morgan fingerprint density at radius 3 is 2.78 bits per heavy atom. The van der Waals surface area contributed by atoms with Crippen LogP contribution < -0.4 is 0 Å². The van der Waals surface area contributed by atoms with Gasteiger partial charge in [0.05, 0.1) is 4.88 Å². The van der Waals surface area contributed by atoms with Crippen LogP contribution in [0.2, 0.25) is 0 Å². The van der Waals surface area contributed by atoms with Gasteiger partial charge in [-0.1, -0.05) is 6.07 Å². The topological polar surface area (TPSA) is 34.1 Å². The first-order valence-corrected chi connectivity index (χ1v) is 4.14. The first-order chi connectivity index (χ1) is 4.29. The lowest BCUT2D eigenvalue weighted by Crippen LogP contribution is -1.70. The van der Waals surface area contributed by atoms with E-state index in [1.807, 2.05) is 0 Å². The van der Waals surface area contributed by atoms with E-state index in [4.69, 9.17) is 0 Å². The molecule has 0 aliphatic heterocycles. The van der Waals surface area contributed by atoms with Gasteiger partial charge in [-0.2, -0.15) is 8.42 Å². The molecule has 0 aliphatic rings. The zero-order valence-corrected chi connectivity index (χ0v) is 6.00. The fourth-order valence-electron chi connectivity index (χ4n) is 0.419. The fraction of sp³-hybridized carbons (Fsp3) is 0. The van der Waals surface area contributed by atoms with Crippen molar-refractivity contribution in [1.29, 1.82) is 0 Å². The van der Waals surface area contributed by atoms with E-state index in [-0.39, 0.29) is 0 Å². The lowest BCUT2D eigenvalue weighted by atomic mass is 10.5. The molecule has 1 aromatic rings. The molecule has 2 nitrogen and oxygen atoms in total. The maximum atomic E-state index is 9.96. The van der Waals surface area contributed by atoms with E-state index in [9.17, 15) is 8.42 Å². The lowest BCUT2D eigenvalue weighted by molar-refractivity contribution is 0.627. The highest BCUT2D eigenvalue weighted by atomic mass is 32.2. The molecule has 0 aromatic carbocycles. The van der Waals surface area contributed by atoms with Gasteiger partial charge < -0.3 is 0 Å². The van der Waals surface area contributed by atoms with E-state index < -0.39 is 10.3 Å². The molecule has 0 saturated heterocycles. The second kappa shape index (κ2) is 2.80. The van der Waals surface area contributed by atoms with Gasteiger partial charge in [0.25, 0.3) is 0 Å². The standard InChI is InChI=1S/C5H3O2S2/c6-9(7)4-5-2-1-3-8-5/h1-3H. The van der Waals surface area contributed by atoms with Gasteiger partial charge in [-0.15, -0.1) is 11.3 Å². The van der Waals surface area contributed by atoms with Crippen LogP contribution in [-0.2, 0) is 10.3 Å².